The van der Waals surface area contributed by atoms with Crippen LogP contribution in [0.1, 0.15) is 23.0 Å². The minimum Gasteiger partial charge on any atom is -0.450 e. The Balaban J connectivity index is 1.47. The van der Waals surface area contributed by atoms with Crippen molar-refractivity contribution in [1.29, 1.82) is 0 Å². The SMILES string of the molecule is CCOCc1c(C(=O)OCC(=O)Nc2cccc3ccccc23)oc2ccccc12. The first-order chi connectivity index (χ1) is 14.7. The topological polar surface area (TPSA) is 77.8 Å². The van der Waals surface area contributed by atoms with Crippen LogP contribution in [0.5, 0.6) is 0 Å². The quantitative estimate of drug-likeness (QED) is 0.443. The smallest absolute Gasteiger partial charge is 0.375 e. The van der Waals surface area contributed by atoms with Crippen LogP contribution in [0.4, 0.5) is 5.69 Å². The largest absolute Gasteiger partial charge is 0.450 e. The van der Waals surface area contributed by atoms with Crippen LogP contribution in [-0.2, 0) is 20.9 Å². The second-order valence-electron chi connectivity index (χ2n) is 6.69. The van der Waals surface area contributed by atoms with Gasteiger partial charge in [0.1, 0.15) is 5.58 Å². The Hall–Kier alpha value is -3.64. The van der Waals surface area contributed by atoms with Crippen molar-refractivity contribution < 1.29 is 23.5 Å². The fourth-order valence-electron chi connectivity index (χ4n) is 3.33. The number of hydrogen-bond acceptors (Lipinski definition) is 5. The van der Waals surface area contributed by atoms with Crippen molar-refractivity contribution in [2.75, 3.05) is 18.5 Å². The van der Waals surface area contributed by atoms with Crippen molar-refractivity contribution in [1.82, 2.24) is 0 Å². The molecule has 0 fully saturated rings. The van der Waals surface area contributed by atoms with Crippen LogP contribution in [0.25, 0.3) is 21.7 Å². The Morgan fingerprint density at radius 2 is 1.67 bits per heavy atom. The van der Waals surface area contributed by atoms with E-state index in [-0.39, 0.29) is 12.4 Å². The summed E-state index contributed by atoms with van der Waals surface area (Å²) in [5, 5.41) is 5.51. The van der Waals surface area contributed by atoms with Gasteiger partial charge in [0.2, 0.25) is 5.76 Å². The molecule has 3 aromatic carbocycles. The molecule has 6 heteroatoms. The molecule has 152 valence electrons. The third-order valence-corrected chi connectivity index (χ3v) is 4.73. The van der Waals surface area contributed by atoms with Crippen LogP contribution in [0.2, 0.25) is 0 Å². The maximum absolute atomic E-state index is 12.6. The molecule has 4 aromatic rings. The molecule has 0 atom stereocenters. The van der Waals surface area contributed by atoms with Gasteiger partial charge in [-0.2, -0.15) is 0 Å². The van der Waals surface area contributed by atoms with Gasteiger partial charge in [0.25, 0.3) is 5.91 Å². The first-order valence-electron chi connectivity index (χ1n) is 9.70. The number of carbonyl (C=O) groups is 2. The second kappa shape index (κ2) is 8.80. The number of carbonyl (C=O) groups excluding carboxylic acids is 2. The minimum atomic E-state index is -0.700. The van der Waals surface area contributed by atoms with Crippen LogP contribution in [0, 0.1) is 0 Å². The van der Waals surface area contributed by atoms with E-state index in [4.69, 9.17) is 13.9 Å². The molecular weight excluding hydrogens is 382 g/mol. The van der Waals surface area contributed by atoms with Crippen LogP contribution in [0.15, 0.2) is 71.1 Å². The Kier molecular flexibility index (Phi) is 5.77. The third kappa shape index (κ3) is 4.04. The van der Waals surface area contributed by atoms with E-state index < -0.39 is 18.5 Å². The fraction of sp³-hybridized carbons (Fsp3) is 0.167. The molecule has 1 amide bonds. The van der Waals surface area contributed by atoms with Gasteiger partial charge >= 0.3 is 5.97 Å². The molecule has 0 bridgehead atoms. The lowest BCUT2D eigenvalue weighted by atomic mass is 10.1. The average Bonchev–Trinajstić information content (AvgIpc) is 3.15. The van der Waals surface area contributed by atoms with Gasteiger partial charge in [-0.05, 0) is 24.4 Å². The molecule has 0 saturated carbocycles. The molecule has 0 unspecified atom stereocenters. The van der Waals surface area contributed by atoms with E-state index in [9.17, 15) is 9.59 Å². The number of para-hydroxylation sites is 1. The molecule has 4 rings (SSSR count). The summed E-state index contributed by atoms with van der Waals surface area (Å²) in [5.74, 6) is -1.07. The Bertz CT molecular complexity index is 1210. The van der Waals surface area contributed by atoms with Crippen LogP contribution < -0.4 is 5.32 Å². The van der Waals surface area contributed by atoms with Crippen molar-refractivity contribution in [3.63, 3.8) is 0 Å². The van der Waals surface area contributed by atoms with Gasteiger partial charge in [0.15, 0.2) is 6.61 Å². The second-order valence-corrected chi connectivity index (χ2v) is 6.69. The molecular formula is C24H21NO5. The number of anilines is 1. The zero-order chi connectivity index (χ0) is 20.9. The molecule has 1 heterocycles. The van der Waals surface area contributed by atoms with Crippen molar-refractivity contribution in [3.05, 3.63) is 78.1 Å². The van der Waals surface area contributed by atoms with Gasteiger partial charge < -0.3 is 19.2 Å². The molecule has 0 aliphatic carbocycles. The number of rotatable bonds is 7. The average molecular weight is 403 g/mol. The number of benzene rings is 3. The number of amides is 1. The molecule has 0 spiro atoms. The van der Waals surface area contributed by atoms with Crippen LogP contribution >= 0.6 is 0 Å². The summed E-state index contributed by atoms with van der Waals surface area (Å²) in [4.78, 5) is 25.0. The zero-order valence-corrected chi connectivity index (χ0v) is 16.5. The van der Waals surface area contributed by atoms with Gasteiger partial charge in [-0.15, -0.1) is 0 Å². The molecule has 1 aromatic heterocycles. The highest BCUT2D eigenvalue weighted by Gasteiger charge is 2.22. The van der Waals surface area contributed by atoms with Crippen molar-refractivity contribution in [2.45, 2.75) is 13.5 Å². The molecule has 1 N–H and O–H groups in total. The van der Waals surface area contributed by atoms with Crippen molar-refractivity contribution in [3.8, 4) is 0 Å². The van der Waals surface area contributed by atoms with E-state index in [2.05, 4.69) is 5.32 Å². The minimum absolute atomic E-state index is 0.0580. The predicted octanol–water partition coefficient (Wildman–Crippen LogP) is 4.92. The summed E-state index contributed by atoms with van der Waals surface area (Å²) in [6.45, 7) is 2.17. The zero-order valence-electron chi connectivity index (χ0n) is 16.5. The van der Waals surface area contributed by atoms with Gasteiger partial charge in [-0.1, -0.05) is 54.6 Å². The summed E-state index contributed by atoms with van der Waals surface area (Å²) in [7, 11) is 0. The summed E-state index contributed by atoms with van der Waals surface area (Å²) in [6, 6.07) is 20.7. The lowest BCUT2D eigenvalue weighted by molar-refractivity contribution is -0.119. The van der Waals surface area contributed by atoms with Gasteiger partial charge in [-0.25, -0.2) is 4.79 Å². The Morgan fingerprint density at radius 3 is 2.50 bits per heavy atom. The number of hydrogen-bond donors (Lipinski definition) is 1. The predicted molar refractivity (Wildman–Crippen MR) is 114 cm³/mol. The van der Waals surface area contributed by atoms with Gasteiger partial charge in [-0.3, -0.25) is 4.79 Å². The Labute approximate surface area is 173 Å². The molecule has 0 radical (unpaired) electrons. The van der Waals surface area contributed by atoms with Crippen molar-refractivity contribution >= 4 is 39.3 Å². The first-order valence-corrected chi connectivity index (χ1v) is 9.70. The van der Waals surface area contributed by atoms with Gasteiger partial charge in [0, 0.05) is 28.6 Å². The summed E-state index contributed by atoms with van der Waals surface area (Å²) in [6.07, 6.45) is 0. The fourth-order valence-corrected chi connectivity index (χ4v) is 3.33. The normalized spacial score (nSPS) is 11.0. The number of fused-ring (bicyclic) bond motifs is 2. The van der Waals surface area contributed by atoms with E-state index in [0.717, 1.165) is 16.2 Å². The summed E-state index contributed by atoms with van der Waals surface area (Å²) >= 11 is 0. The molecule has 30 heavy (non-hydrogen) atoms. The number of nitrogens with one attached hydrogen (secondary N) is 1. The molecule has 0 aliphatic heterocycles. The summed E-state index contributed by atoms with van der Waals surface area (Å²) < 4.78 is 16.4. The lowest BCUT2D eigenvalue weighted by Crippen LogP contribution is -2.21. The van der Waals surface area contributed by atoms with E-state index >= 15 is 0 Å². The lowest BCUT2D eigenvalue weighted by Gasteiger charge is -2.09. The highest BCUT2D eigenvalue weighted by atomic mass is 16.5. The molecule has 6 nitrogen and oxygen atoms in total. The van der Waals surface area contributed by atoms with Gasteiger partial charge in [0.05, 0.1) is 6.61 Å². The summed E-state index contributed by atoms with van der Waals surface area (Å²) in [5.41, 5.74) is 1.85. The number of esters is 1. The van der Waals surface area contributed by atoms with Crippen LogP contribution in [0.3, 0.4) is 0 Å². The monoisotopic (exact) mass is 403 g/mol. The number of furan rings is 1. The Morgan fingerprint density at radius 1 is 0.933 bits per heavy atom. The van der Waals surface area contributed by atoms with Crippen LogP contribution in [-0.4, -0.2) is 25.1 Å². The van der Waals surface area contributed by atoms with E-state index in [0.29, 0.717) is 23.4 Å². The maximum Gasteiger partial charge on any atom is 0.375 e. The van der Waals surface area contributed by atoms with E-state index in [1.165, 1.54) is 0 Å². The first kappa shape index (κ1) is 19.7. The van der Waals surface area contributed by atoms with Crippen molar-refractivity contribution in [2.24, 2.45) is 0 Å². The number of ether oxygens (including phenoxy) is 2. The van der Waals surface area contributed by atoms with E-state index in [1.807, 2.05) is 67.6 Å². The standard InChI is InChI=1S/C24H21NO5/c1-2-28-14-19-18-11-5-6-13-21(18)30-23(19)24(27)29-15-22(26)25-20-12-7-9-16-8-3-4-10-17(16)20/h3-13H,2,14-15H2,1H3,(H,25,26). The molecule has 0 saturated heterocycles. The maximum atomic E-state index is 12.6. The highest BCUT2D eigenvalue weighted by molar-refractivity contribution is 6.03. The third-order valence-electron chi connectivity index (χ3n) is 4.73. The molecule has 0 aliphatic rings. The highest BCUT2D eigenvalue weighted by Crippen LogP contribution is 2.27. The van der Waals surface area contributed by atoms with E-state index in [1.54, 1.807) is 6.07 Å².